The number of hydrogen-bond donors (Lipinski definition) is 1. The van der Waals surface area contributed by atoms with Crippen molar-refractivity contribution in [2.75, 3.05) is 7.11 Å². The number of carbonyl (C=O) groups excluding carboxylic acids is 2. The Bertz CT molecular complexity index is 732. The molecule has 0 aliphatic heterocycles. The fourth-order valence-corrected chi connectivity index (χ4v) is 2.71. The van der Waals surface area contributed by atoms with Crippen LogP contribution in [0.4, 0.5) is 0 Å². The van der Waals surface area contributed by atoms with Gasteiger partial charge in [-0.1, -0.05) is 25.1 Å². The van der Waals surface area contributed by atoms with Crippen molar-refractivity contribution in [3.8, 4) is 5.75 Å². The molecule has 0 fully saturated rings. The zero-order valence-corrected chi connectivity index (χ0v) is 16.1. The molecule has 0 aliphatic carbocycles. The van der Waals surface area contributed by atoms with Crippen LogP contribution in [0.1, 0.15) is 37.8 Å². The van der Waals surface area contributed by atoms with Crippen LogP contribution in [-0.4, -0.2) is 34.8 Å². The maximum Gasteiger partial charge on any atom is 0.242 e. The molecular formula is C21H27N3O3. The maximum atomic E-state index is 12.6. The smallest absolute Gasteiger partial charge is 0.242 e. The van der Waals surface area contributed by atoms with E-state index in [1.807, 2.05) is 43.3 Å². The van der Waals surface area contributed by atoms with Crippen LogP contribution in [0.5, 0.6) is 5.75 Å². The second kappa shape index (κ2) is 10.3. The molecule has 0 saturated carbocycles. The number of aromatic nitrogens is 1. The second-order valence-electron chi connectivity index (χ2n) is 6.37. The summed E-state index contributed by atoms with van der Waals surface area (Å²) >= 11 is 0. The Hall–Kier alpha value is -2.89. The highest BCUT2D eigenvalue weighted by Crippen LogP contribution is 2.16. The summed E-state index contributed by atoms with van der Waals surface area (Å²) in [6.07, 6.45) is 4.55. The molecule has 1 heterocycles. The molecule has 2 rings (SSSR count). The summed E-state index contributed by atoms with van der Waals surface area (Å²) < 4.78 is 5.17. The topological polar surface area (TPSA) is 71.5 Å². The van der Waals surface area contributed by atoms with E-state index in [9.17, 15) is 9.59 Å². The molecule has 2 amide bonds. The summed E-state index contributed by atoms with van der Waals surface area (Å²) in [6.45, 7) is 4.48. The SMILES string of the molecule is CCCC(=O)N(Cc1ccc(OC)cc1)[C@H](C)C(=O)NCc1cccnc1. The molecule has 2 aromatic rings. The Kier molecular flexibility index (Phi) is 7.79. The molecule has 144 valence electrons. The van der Waals surface area contributed by atoms with Crippen LogP contribution in [-0.2, 0) is 22.7 Å². The van der Waals surface area contributed by atoms with E-state index in [0.29, 0.717) is 19.5 Å². The van der Waals surface area contributed by atoms with E-state index < -0.39 is 6.04 Å². The number of nitrogens with one attached hydrogen (secondary N) is 1. The van der Waals surface area contributed by atoms with Crippen molar-refractivity contribution in [2.24, 2.45) is 0 Å². The Labute approximate surface area is 160 Å². The minimum Gasteiger partial charge on any atom is -0.497 e. The van der Waals surface area contributed by atoms with Crippen molar-refractivity contribution in [3.05, 3.63) is 59.9 Å². The third kappa shape index (κ3) is 6.09. The summed E-state index contributed by atoms with van der Waals surface area (Å²) in [4.78, 5) is 30.9. The summed E-state index contributed by atoms with van der Waals surface area (Å²) in [5.41, 5.74) is 1.87. The highest BCUT2D eigenvalue weighted by atomic mass is 16.5. The Balaban J connectivity index is 2.06. The van der Waals surface area contributed by atoms with Gasteiger partial charge in [0, 0.05) is 31.9 Å². The van der Waals surface area contributed by atoms with Gasteiger partial charge in [-0.3, -0.25) is 14.6 Å². The minimum atomic E-state index is -0.567. The molecule has 0 radical (unpaired) electrons. The van der Waals surface area contributed by atoms with Crippen molar-refractivity contribution in [1.29, 1.82) is 0 Å². The third-order valence-corrected chi connectivity index (χ3v) is 4.33. The number of carbonyl (C=O) groups is 2. The fraction of sp³-hybridized carbons (Fsp3) is 0.381. The molecule has 6 heteroatoms. The molecule has 1 N–H and O–H groups in total. The Morgan fingerprint density at radius 3 is 2.52 bits per heavy atom. The van der Waals surface area contributed by atoms with Gasteiger partial charge in [-0.05, 0) is 42.7 Å². The molecule has 1 atom stereocenters. The van der Waals surface area contributed by atoms with Crippen LogP contribution in [0.25, 0.3) is 0 Å². The van der Waals surface area contributed by atoms with Gasteiger partial charge in [0.1, 0.15) is 11.8 Å². The Morgan fingerprint density at radius 2 is 1.93 bits per heavy atom. The van der Waals surface area contributed by atoms with E-state index in [-0.39, 0.29) is 11.8 Å². The molecular weight excluding hydrogens is 342 g/mol. The lowest BCUT2D eigenvalue weighted by Gasteiger charge is -2.29. The van der Waals surface area contributed by atoms with Gasteiger partial charge in [-0.15, -0.1) is 0 Å². The number of ether oxygens (including phenoxy) is 1. The second-order valence-corrected chi connectivity index (χ2v) is 6.37. The molecule has 0 saturated heterocycles. The number of nitrogens with zero attached hydrogens (tertiary/aromatic N) is 2. The highest BCUT2D eigenvalue weighted by molar-refractivity contribution is 5.87. The van der Waals surface area contributed by atoms with E-state index in [0.717, 1.165) is 23.3 Å². The third-order valence-electron chi connectivity index (χ3n) is 4.33. The van der Waals surface area contributed by atoms with E-state index >= 15 is 0 Å². The largest absolute Gasteiger partial charge is 0.497 e. The van der Waals surface area contributed by atoms with E-state index in [4.69, 9.17) is 4.74 Å². The van der Waals surface area contributed by atoms with Crippen LogP contribution in [0.15, 0.2) is 48.8 Å². The normalized spacial score (nSPS) is 11.5. The summed E-state index contributed by atoms with van der Waals surface area (Å²) in [7, 11) is 1.61. The number of methoxy groups -OCH3 is 1. The minimum absolute atomic E-state index is 0.0302. The summed E-state index contributed by atoms with van der Waals surface area (Å²) in [6, 6.07) is 10.7. The lowest BCUT2D eigenvalue weighted by atomic mass is 10.1. The van der Waals surface area contributed by atoms with Gasteiger partial charge in [0.2, 0.25) is 11.8 Å². The molecule has 1 aromatic carbocycles. The van der Waals surface area contributed by atoms with Crippen LogP contribution in [0.2, 0.25) is 0 Å². The zero-order valence-electron chi connectivity index (χ0n) is 16.1. The summed E-state index contributed by atoms with van der Waals surface area (Å²) in [5.74, 6) is 0.543. The number of pyridine rings is 1. The molecule has 6 nitrogen and oxygen atoms in total. The molecule has 0 bridgehead atoms. The van der Waals surface area contributed by atoms with Gasteiger partial charge in [0.05, 0.1) is 7.11 Å². The van der Waals surface area contributed by atoms with Gasteiger partial charge >= 0.3 is 0 Å². The van der Waals surface area contributed by atoms with Crippen molar-refractivity contribution in [2.45, 2.75) is 45.8 Å². The van der Waals surface area contributed by atoms with Crippen LogP contribution < -0.4 is 10.1 Å². The molecule has 0 aliphatic rings. The van der Waals surface area contributed by atoms with Crippen LogP contribution in [0.3, 0.4) is 0 Å². The lowest BCUT2D eigenvalue weighted by Crippen LogP contribution is -2.47. The van der Waals surface area contributed by atoms with Crippen molar-refractivity contribution >= 4 is 11.8 Å². The maximum absolute atomic E-state index is 12.6. The van der Waals surface area contributed by atoms with E-state index in [1.54, 1.807) is 31.3 Å². The molecule has 0 unspecified atom stereocenters. The predicted octanol–water partition coefficient (Wildman–Crippen LogP) is 2.92. The summed E-state index contributed by atoms with van der Waals surface area (Å²) in [5, 5.41) is 2.89. The van der Waals surface area contributed by atoms with E-state index in [1.165, 1.54) is 0 Å². The standard InChI is InChI=1S/C21H27N3O3/c1-4-6-20(25)24(15-17-8-10-19(27-3)11-9-17)16(2)21(26)23-14-18-7-5-12-22-13-18/h5,7-13,16H,4,6,14-15H2,1-3H3,(H,23,26)/t16-/m1/s1. The Morgan fingerprint density at radius 1 is 1.19 bits per heavy atom. The number of rotatable bonds is 9. The van der Waals surface area contributed by atoms with Gasteiger partial charge in [-0.2, -0.15) is 0 Å². The fourth-order valence-electron chi connectivity index (χ4n) is 2.71. The monoisotopic (exact) mass is 369 g/mol. The van der Waals surface area contributed by atoms with Gasteiger partial charge in [0.25, 0.3) is 0 Å². The van der Waals surface area contributed by atoms with Gasteiger partial charge < -0.3 is 15.0 Å². The van der Waals surface area contributed by atoms with Crippen molar-refractivity contribution in [3.63, 3.8) is 0 Å². The number of hydrogen-bond acceptors (Lipinski definition) is 4. The van der Waals surface area contributed by atoms with Gasteiger partial charge in [0.15, 0.2) is 0 Å². The van der Waals surface area contributed by atoms with E-state index in [2.05, 4.69) is 10.3 Å². The molecule has 1 aromatic heterocycles. The first-order valence-corrected chi connectivity index (χ1v) is 9.14. The first kappa shape index (κ1) is 20.4. The van der Waals surface area contributed by atoms with Gasteiger partial charge in [-0.25, -0.2) is 0 Å². The first-order chi connectivity index (χ1) is 13.0. The molecule has 27 heavy (non-hydrogen) atoms. The lowest BCUT2D eigenvalue weighted by molar-refractivity contribution is -0.140. The number of benzene rings is 1. The predicted molar refractivity (Wildman–Crippen MR) is 104 cm³/mol. The molecule has 0 spiro atoms. The van der Waals surface area contributed by atoms with Crippen molar-refractivity contribution < 1.29 is 14.3 Å². The zero-order chi connectivity index (χ0) is 19.6. The van der Waals surface area contributed by atoms with Crippen molar-refractivity contribution in [1.82, 2.24) is 15.2 Å². The van der Waals surface area contributed by atoms with Crippen LogP contribution in [0, 0.1) is 0 Å². The average Bonchev–Trinajstić information content (AvgIpc) is 2.71. The quantitative estimate of drug-likeness (QED) is 0.738. The first-order valence-electron chi connectivity index (χ1n) is 9.14. The number of amides is 2. The highest BCUT2D eigenvalue weighted by Gasteiger charge is 2.25. The van der Waals surface area contributed by atoms with Crippen LogP contribution >= 0.6 is 0 Å². The average molecular weight is 369 g/mol.